The lowest BCUT2D eigenvalue weighted by molar-refractivity contribution is -0.131. The molecule has 0 saturated heterocycles. The van der Waals surface area contributed by atoms with Gasteiger partial charge in [0.05, 0.1) is 6.54 Å². The first-order valence-electron chi connectivity index (χ1n) is 6.85. The largest absolute Gasteiger partial charge is 0.334 e. The van der Waals surface area contributed by atoms with Crippen molar-refractivity contribution in [3.63, 3.8) is 0 Å². The highest BCUT2D eigenvalue weighted by molar-refractivity contribution is 5.78. The molecule has 0 aromatic heterocycles. The SMILES string of the molecule is CCCNCC(=O)N(Cc1ccccc1)C1CC1. The summed E-state index contributed by atoms with van der Waals surface area (Å²) in [6, 6.07) is 10.7. The Kier molecular flexibility index (Phi) is 4.76. The third-order valence-electron chi connectivity index (χ3n) is 3.21. The quantitative estimate of drug-likeness (QED) is 0.748. The number of nitrogens with zero attached hydrogens (tertiary/aromatic N) is 1. The predicted molar refractivity (Wildman–Crippen MR) is 73.2 cm³/mol. The zero-order chi connectivity index (χ0) is 12.8. The van der Waals surface area contributed by atoms with Gasteiger partial charge in [0.15, 0.2) is 0 Å². The van der Waals surface area contributed by atoms with Crippen LogP contribution in [0.25, 0.3) is 0 Å². The standard InChI is InChI=1S/C15H22N2O/c1-2-10-16-11-15(18)17(14-8-9-14)12-13-6-4-3-5-7-13/h3-7,14,16H,2,8-12H2,1H3. The molecule has 1 aliphatic rings. The average Bonchev–Trinajstić information content (AvgIpc) is 3.21. The van der Waals surface area contributed by atoms with Gasteiger partial charge in [0.25, 0.3) is 0 Å². The summed E-state index contributed by atoms with van der Waals surface area (Å²) >= 11 is 0. The molecule has 0 radical (unpaired) electrons. The Bertz CT molecular complexity index is 373. The first-order valence-corrected chi connectivity index (χ1v) is 6.85. The molecule has 1 amide bonds. The van der Waals surface area contributed by atoms with E-state index in [0.29, 0.717) is 12.6 Å². The maximum absolute atomic E-state index is 12.2. The highest BCUT2D eigenvalue weighted by Gasteiger charge is 2.31. The Labute approximate surface area is 109 Å². The lowest BCUT2D eigenvalue weighted by atomic mass is 10.2. The third kappa shape index (κ3) is 3.84. The van der Waals surface area contributed by atoms with E-state index in [-0.39, 0.29) is 5.91 Å². The summed E-state index contributed by atoms with van der Waals surface area (Å²) in [7, 11) is 0. The minimum Gasteiger partial charge on any atom is -0.334 e. The van der Waals surface area contributed by atoms with Crippen LogP contribution in [-0.2, 0) is 11.3 Å². The molecular formula is C15H22N2O. The van der Waals surface area contributed by atoms with E-state index in [4.69, 9.17) is 0 Å². The fraction of sp³-hybridized carbons (Fsp3) is 0.533. The molecule has 98 valence electrons. The maximum atomic E-state index is 12.2. The van der Waals surface area contributed by atoms with E-state index in [0.717, 1.165) is 32.4 Å². The van der Waals surface area contributed by atoms with Crippen LogP contribution in [-0.4, -0.2) is 29.9 Å². The zero-order valence-electron chi connectivity index (χ0n) is 11.1. The lowest BCUT2D eigenvalue weighted by Crippen LogP contribution is -2.39. The number of nitrogens with one attached hydrogen (secondary N) is 1. The molecule has 1 N–H and O–H groups in total. The van der Waals surface area contributed by atoms with Crippen LogP contribution >= 0.6 is 0 Å². The summed E-state index contributed by atoms with van der Waals surface area (Å²) < 4.78 is 0. The van der Waals surface area contributed by atoms with Crippen molar-refractivity contribution in [2.75, 3.05) is 13.1 Å². The van der Waals surface area contributed by atoms with Crippen LogP contribution in [0.1, 0.15) is 31.7 Å². The van der Waals surface area contributed by atoms with Gasteiger partial charge in [-0.25, -0.2) is 0 Å². The van der Waals surface area contributed by atoms with E-state index in [1.54, 1.807) is 0 Å². The van der Waals surface area contributed by atoms with Gasteiger partial charge in [0.1, 0.15) is 0 Å². The van der Waals surface area contributed by atoms with Crippen LogP contribution in [0.3, 0.4) is 0 Å². The molecule has 2 rings (SSSR count). The van der Waals surface area contributed by atoms with Gasteiger partial charge in [-0.3, -0.25) is 4.79 Å². The molecule has 0 spiro atoms. The smallest absolute Gasteiger partial charge is 0.237 e. The van der Waals surface area contributed by atoms with Gasteiger partial charge >= 0.3 is 0 Å². The van der Waals surface area contributed by atoms with Gasteiger partial charge in [-0.1, -0.05) is 37.3 Å². The molecule has 1 aromatic rings. The van der Waals surface area contributed by atoms with Crippen LogP contribution in [0.2, 0.25) is 0 Å². The minimum atomic E-state index is 0.231. The summed E-state index contributed by atoms with van der Waals surface area (Å²) in [5.74, 6) is 0.231. The molecule has 0 atom stereocenters. The molecule has 0 unspecified atom stereocenters. The van der Waals surface area contributed by atoms with E-state index in [1.165, 1.54) is 5.56 Å². The second-order valence-corrected chi connectivity index (χ2v) is 4.92. The Balaban J connectivity index is 1.89. The Morgan fingerprint density at radius 1 is 1.33 bits per heavy atom. The molecule has 1 aromatic carbocycles. The first kappa shape index (κ1) is 13.1. The van der Waals surface area contributed by atoms with Gasteiger partial charge in [0.2, 0.25) is 5.91 Å². The predicted octanol–water partition coefficient (Wildman–Crippen LogP) is 2.18. The molecule has 18 heavy (non-hydrogen) atoms. The Morgan fingerprint density at radius 3 is 2.67 bits per heavy atom. The van der Waals surface area contributed by atoms with Gasteiger partial charge in [0, 0.05) is 12.6 Å². The maximum Gasteiger partial charge on any atom is 0.237 e. The third-order valence-corrected chi connectivity index (χ3v) is 3.21. The van der Waals surface area contributed by atoms with E-state index in [1.807, 2.05) is 23.1 Å². The molecule has 1 aliphatic carbocycles. The number of hydrogen-bond acceptors (Lipinski definition) is 2. The normalized spacial score (nSPS) is 14.5. The highest BCUT2D eigenvalue weighted by atomic mass is 16.2. The van der Waals surface area contributed by atoms with Crippen molar-refractivity contribution in [2.45, 2.75) is 38.8 Å². The van der Waals surface area contributed by atoms with Crippen molar-refractivity contribution >= 4 is 5.91 Å². The van der Waals surface area contributed by atoms with Crippen LogP contribution in [0, 0.1) is 0 Å². The van der Waals surface area contributed by atoms with E-state index < -0.39 is 0 Å². The molecular weight excluding hydrogens is 224 g/mol. The minimum absolute atomic E-state index is 0.231. The van der Waals surface area contributed by atoms with Crippen LogP contribution in [0.4, 0.5) is 0 Å². The van der Waals surface area contributed by atoms with Crippen molar-refractivity contribution in [2.24, 2.45) is 0 Å². The summed E-state index contributed by atoms with van der Waals surface area (Å²) in [4.78, 5) is 14.2. The van der Waals surface area contributed by atoms with E-state index in [2.05, 4.69) is 24.4 Å². The summed E-state index contributed by atoms with van der Waals surface area (Å²) in [5, 5.41) is 3.19. The number of rotatable bonds is 7. The zero-order valence-corrected chi connectivity index (χ0v) is 11.1. The highest BCUT2D eigenvalue weighted by Crippen LogP contribution is 2.28. The van der Waals surface area contributed by atoms with Crippen LogP contribution in [0.15, 0.2) is 30.3 Å². The fourth-order valence-electron chi connectivity index (χ4n) is 2.06. The topological polar surface area (TPSA) is 32.3 Å². The van der Waals surface area contributed by atoms with Gasteiger partial charge in [-0.05, 0) is 31.4 Å². The number of amides is 1. The molecule has 1 saturated carbocycles. The van der Waals surface area contributed by atoms with E-state index >= 15 is 0 Å². The Hall–Kier alpha value is -1.35. The van der Waals surface area contributed by atoms with Crippen molar-refractivity contribution in [1.29, 1.82) is 0 Å². The number of carbonyl (C=O) groups excluding carboxylic acids is 1. The number of benzene rings is 1. The molecule has 0 bridgehead atoms. The molecule has 3 heteroatoms. The molecule has 0 heterocycles. The van der Waals surface area contributed by atoms with Crippen LogP contribution < -0.4 is 5.32 Å². The Morgan fingerprint density at radius 2 is 2.06 bits per heavy atom. The molecule has 3 nitrogen and oxygen atoms in total. The summed E-state index contributed by atoms with van der Waals surface area (Å²) in [6.45, 7) is 4.24. The number of carbonyl (C=O) groups is 1. The second kappa shape index (κ2) is 6.55. The molecule has 1 fully saturated rings. The van der Waals surface area contributed by atoms with Gasteiger partial charge < -0.3 is 10.2 Å². The van der Waals surface area contributed by atoms with Crippen molar-refractivity contribution in [3.8, 4) is 0 Å². The van der Waals surface area contributed by atoms with E-state index in [9.17, 15) is 4.79 Å². The first-order chi connectivity index (χ1) is 8.81. The monoisotopic (exact) mass is 246 g/mol. The second-order valence-electron chi connectivity index (χ2n) is 4.92. The van der Waals surface area contributed by atoms with Crippen molar-refractivity contribution in [3.05, 3.63) is 35.9 Å². The average molecular weight is 246 g/mol. The van der Waals surface area contributed by atoms with Gasteiger partial charge in [-0.2, -0.15) is 0 Å². The lowest BCUT2D eigenvalue weighted by Gasteiger charge is -2.22. The number of hydrogen-bond donors (Lipinski definition) is 1. The van der Waals surface area contributed by atoms with Crippen molar-refractivity contribution in [1.82, 2.24) is 10.2 Å². The molecule has 0 aliphatic heterocycles. The van der Waals surface area contributed by atoms with Crippen molar-refractivity contribution < 1.29 is 4.79 Å². The van der Waals surface area contributed by atoms with Crippen LogP contribution in [0.5, 0.6) is 0 Å². The van der Waals surface area contributed by atoms with Gasteiger partial charge in [-0.15, -0.1) is 0 Å². The fourth-order valence-corrected chi connectivity index (χ4v) is 2.06. The summed E-state index contributed by atoms with van der Waals surface area (Å²) in [6.07, 6.45) is 3.38. The summed E-state index contributed by atoms with van der Waals surface area (Å²) in [5.41, 5.74) is 1.22.